The van der Waals surface area contributed by atoms with Crippen LogP contribution in [0.4, 0.5) is 0 Å². The molecule has 1 aromatic heterocycles. The Hall–Kier alpha value is -1.58. The second-order valence-corrected chi connectivity index (χ2v) is 2.93. The van der Waals surface area contributed by atoms with Crippen LogP contribution in [-0.2, 0) is 0 Å². The van der Waals surface area contributed by atoms with Gasteiger partial charge in [-0.1, -0.05) is 13.3 Å². The first-order valence-corrected chi connectivity index (χ1v) is 4.61. The molecule has 0 spiro atoms. The molecule has 1 heterocycles. The molecule has 0 saturated carbocycles. The van der Waals surface area contributed by atoms with Crippen molar-refractivity contribution in [1.29, 1.82) is 0 Å². The SMILES string of the molecule is CCC/C=N/NC(=O)c1ccoc1C. The Balaban J connectivity index is 2.47. The molecule has 4 heteroatoms. The lowest BCUT2D eigenvalue weighted by Gasteiger charge is -1.96. The predicted molar refractivity (Wildman–Crippen MR) is 54.3 cm³/mol. The zero-order valence-corrected chi connectivity index (χ0v) is 8.41. The van der Waals surface area contributed by atoms with E-state index in [0.29, 0.717) is 11.3 Å². The van der Waals surface area contributed by atoms with Crippen molar-refractivity contribution in [3.63, 3.8) is 0 Å². The summed E-state index contributed by atoms with van der Waals surface area (Å²) in [5.41, 5.74) is 2.96. The molecule has 0 unspecified atom stereocenters. The maximum absolute atomic E-state index is 11.4. The molecule has 0 aliphatic carbocycles. The maximum Gasteiger partial charge on any atom is 0.274 e. The molecule has 1 amide bonds. The van der Waals surface area contributed by atoms with Crippen LogP contribution in [-0.4, -0.2) is 12.1 Å². The fourth-order valence-corrected chi connectivity index (χ4v) is 0.979. The number of unbranched alkanes of at least 4 members (excludes halogenated alkanes) is 1. The first kappa shape index (κ1) is 10.5. The van der Waals surface area contributed by atoms with E-state index in [-0.39, 0.29) is 5.91 Å². The van der Waals surface area contributed by atoms with Gasteiger partial charge in [-0.25, -0.2) is 5.43 Å². The molecule has 14 heavy (non-hydrogen) atoms. The van der Waals surface area contributed by atoms with Crippen LogP contribution < -0.4 is 5.43 Å². The van der Waals surface area contributed by atoms with Crippen LogP contribution >= 0.6 is 0 Å². The van der Waals surface area contributed by atoms with E-state index < -0.39 is 0 Å². The van der Waals surface area contributed by atoms with Crippen LogP contribution in [0.5, 0.6) is 0 Å². The van der Waals surface area contributed by atoms with Gasteiger partial charge in [0.25, 0.3) is 5.91 Å². The molecule has 76 valence electrons. The van der Waals surface area contributed by atoms with Crippen LogP contribution in [0.1, 0.15) is 35.9 Å². The van der Waals surface area contributed by atoms with Crippen LogP contribution in [0.15, 0.2) is 21.8 Å². The summed E-state index contributed by atoms with van der Waals surface area (Å²) in [5.74, 6) is 0.372. The Kier molecular flexibility index (Phi) is 3.91. The lowest BCUT2D eigenvalue weighted by Crippen LogP contribution is -2.17. The number of carbonyl (C=O) groups is 1. The Bertz CT molecular complexity index is 329. The molecule has 1 aromatic rings. The normalized spacial score (nSPS) is 10.7. The van der Waals surface area contributed by atoms with Crippen LogP contribution in [0.2, 0.25) is 0 Å². The summed E-state index contributed by atoms with van der Waals surface area (Å²) in [5, 5.41) is 3.79. The van der Waals surface area contributed by atoms with Crippen molar-refractivity contribution in [1.82, 2.24) is 5.43 Å². The van der Waals surface area contributed by atoms with Gasteiger partial charge in [0.1, 0.15) is 5.76 Å². The first-order valence-electron chi connectivity index (χ1n) is 4.61. The Morgan fingerprint density at radius 3 is 3.07 bits per heavy atom. The van der Waals surface area contributed by atoms with Crippen molar-refractivity contribution in [2.75, 3.05) is 0 Å². The molecule has 0 bridgehead atoms. The van der Waals surface area contributed by atoms with Gasteiger partial charge < -0.3 is 4.42 Å². The molecule has 1 rings (SSSR count). The number of hydrogen-bond acceptors (Lipinski definition) is 3. The minimum atomic E-state index is -0.233. The largest absolute Gasteiger partial charge is 0.469 e. The number of rotatable bonds is 4. The Morgan fingerprint density at radius 2 is 2.50 bits per heavy atom. The highest BCUT2D eigenvalue weighted by molar-refractivity contribution is 5.95. The number of amides is 1. The lowest BCUT2D eigenvalue weighted by molar-refractivity contribution is 0.0953. The van der Waals surface area contributed by atoms with Gasteiger partial charge in [0, 0.05) is 6.21 Å². The quantitative estimate of drug-likeness (QED) is 0.589. The summed E-state index contributed by atoms with van der Waals surface area (Å²) >= 11 is 0. The molecule has 0 fully saturated rings. The average molecular weight is 194 g/mol. The van der Waals surface area contributed by atoms with E-state index in [4.69, 9.17) is 4.42 Å². The summed E-state index contributed by atoms with van der Waals surface area (Å²) in [7, 11) is 0. The first-order chi connectivity index (χ1) is 6.75. The second-order valence-electron chi connectivity index (χ2n) is 2.93. The van der Waals surface area contributed by atoms with Gasteiger partial charge in [0.15, 0.2) is 0 Å². The van der Waals surface area contributed by atoms with Gasteiger partial charge in [-0.3, -0.25) is 4.79 Å². The molecule has 0 atom stereocenters. The number of hydrazone groups is 1. The van der Waals surface area contributed by atoms with E-state index in [9.17, 15) is 4.79 Å². The monoisotopic (exact) mass is 194 g/mol. The average Bonchev–Trinajstić information content (AvgIpc) is 2.59. The smallest absolute Gasteiger partial charge is 0.274 e. The van der Waals surface area contributed by atoms with E-state index in [1.165, 1.54) is 6.26 Å². The van der Waals surface area contributed by atoms with Crippen LogP contribution in [0.25, 0.3) is 0 Å². The third kappa shape index (κ3) is 2.73. The number of nitrogens with one attached hydrogen (secondary N) is 1. The number of carbonyl (C=O) groups excluding carboxylic acids is 1. The molecule has 0 saturated heterocycles. The van der Waals surface area contributed by atoms with Crippen LogP contribution in [0, 0.1) is 6.92 Å². The van der Waals surface area contributed by atoms with Crippen LogP contribution in [0.3, 0.4) is 0 Å². The van der Waals surface area contributed by atoms with Crippen molar-refractivity contribution < 1.29 is 9.21 Å². The van der Waals surface area contributed by atoms with Gasteiger partial charge >= 0.3 is 0 Å². The highest BCUT2D eigenvalue weighted by Crippen LogP contribution is 2.07. The second kappa shape index (κ2) is 5.21. The highest BCUT2D eigenvalue weighted by Gasteiger charge is 2.09. The van der Waals surface area contributed by atoms with Crippen molar-refractivity contribution >= 4 is 12.1 Å². The van der Waals surface area contributed by atoms with Crippen molar-refractivity contribution in [2.24, 2.45) is 5.10 Å². The van der Waals surface area contributed by atoms with E-state index >= 15 is 0 Å². The molecular formula is C10H14N2O2. The summed E-state index contributed by atoms with van der Waals surface area (Å²) < 4.78 is 5.00. The molecule has 1 N–H and O–H groups in total. The summed E-state index contributed by atoms with van der Waals surface area (Å²) in [6, 6.07) is 1.63. The summed E-state index contributed by atoms with van der Waals surface area (Å²) in [4.78, 5) is 11.4. The Labute approximate surface area is 83.0 Å². The van der Waals surface area contributed by atoms with Crippen molar-refractivity contribution in [3.8, 4) is 0 Å². The predicted octanol–water partition coefficient (Wildman–Crippen LogP) is 2.10. The van der Waals surface area contributed by atoms with E-state index in [1.807, 2.05) is 6.92 Å². The molecule has 0 aliphatic heterocycles. The fourth-order valence-electron chi connectivity index (χ4n) is 0.979. The van der Waals surface area contributed by atoms with Gasteiger partial charge in [0.2, 0.25) is 0 Å². The minimum Gasteiger partial charge on any atom is -0.469 e. The van der Waals surface area contributed by atoms with E-state index in [2.05, 4.69) is 10.5 Å². The third-order valence-corrected chi connectivity index (χ3v) is 1.78. The van der Waals surface area contributed by atoms with Crippen molar-refractivity contribution in [2.45, 2.75) is 26.7 Å². The molecule has 4 nitrogen and oxygen atoms in total. The maximum atomic E-state index is 11.4. The fraction of sp³-hybridized carbons (Fsp3) is 0.400. The number of aryl methyl sites for hydroxylation is 1. The van der Waals surface area contributed by atoms with Gasteiger partial charge in [0.05, 0.1) is 11.8 Å². The molecular weight excluding hydrogens is 180 g/mol. The summed E-state index contributed by atoms with van der Waals surface area (Å²) in [6.45, 7) is 3.79. The molecule has 0 radical (unpaired) electrons. The van der Waals surface area contributed by atoms with E-state index in [1.54, 1.807) is 19.2 Å². The van der Waals surface area contributed by atoms with Gasteiger partial charge in [-0.05, 0) is 19.4 Å². The van der Waals surface area contributed by atoms with Gasteiger partial charge in [-0.15, -0.1) is 0 Å². The minimum absolute atomic E-state index is 0.233. The number of furan rings is 1. The number of nitrogens with zero attached hydrogens (tertiary/aromatic N) is 1. The standard InChI is InChI=1S/C10H14N2O2/c1-3-4-6-11-12-10(13)9-5-7-14-8(9)2/h5-7H,3-4H2,1-2H3,(H,12,13)/b11-6+. The topological polar surface area (TPSA) is 54.6 Å². The highest BCUT2D eigenvalue weighted by atomic mass is 16.3. The Morgan fingerprint density at radius 1 is 1.71 bits per heavy atom. The van der Waals surface area contributed by atoms with E-state index in [0.717, 1.165) is 12.8 Å². The number of hydrogen-bond donors (Lipinski definition) is 1. The molecule has 0 aliphatic rings. The third-order valence-electron chi connectivity index (χ3n) is 1.78. The summed E-state index contributed by atoms with van der Waals surface area (Å²) in [6.07, 6.45) is 5.06. The lowest BCUT2D eigenvalue weighted by atomic mass is 10.2. The zero-order chi connectivity index (χ0) is 10.4. The zero-order valence-electron chi connectivity index (χ0n) is 8.41. The van der Waals surface area contributed by atoms with Gasteiger partial charge in [-0.2, -0.15) is 5.10 Å². The van der Waals surface area contributed by atoms with Crippen molar-refractivity contribution in [3.05, 3.63) is 23.7 Å². The molecule has 0 aromatic carbocycles.